The van der Waals surface area contributed by atoms with Gasteiger partial charge in [-0.3, -0.25) is 4.79 Å². The molecule has 3 N–H and O–H groups in total. The molecule has 0 saturated carbocycles. The molecule has 0 spiro atoms. The molecule has 1 aliphatic heterocycles. The van der Waals surface area contributed by atoms with Crippen molar-refractivity contribution in [2.75, 3.05) is 6.61 Å². The molecule has 1 atom stereocenters. The third-order valence-corrected chi connectivity index (χ3v) is 2.71. The van der Waals surface area contributed by atoms with Crippen molar-refractivity contribution in [1.29, 1.82) is 0 Å². The van der Waals surface area contributed by atoms with Crippen molar-refractivity contribution in [3.63, 3.8) is 0 Å². The summed E-state index contributed by atoms with van der Waals surface area (Å²) in [6, 6.07) is 2.75. The number of H-pyrrole nitrogens is 1. The average molecular weight is 223 g/mol. The lowest BCUT2D eigenvalue weighted by atomic mass is 9.80. The van der Waals surface area contributed by atoms with Crippen LogP contribution in [0.15, 0.2) is 16.9 Å². The first-order valence-electron chi connectivity index (χ1n) is 5.39. The first-order chi connectivity index (χ1) is 7.66. The molecule has 1 aromatic rings. The number of hydrogen-bond acceptors (Lipinski definition) is 4. The monoisotopic (exact) mass is 223 g/mol. The fourth-order valence-electron chi connectivity index (χ4n) is 1.90. The Balaban J connectivity index is 2.29. The summed E-state index contributed by atoms with van der Waals surface area (Å²) >= 11 is 0. The molecule has 1 unspecified atom stereocenters. The molecule has 6 heteroatoms. The Bertz CT molecular complexity index is 412. The SMILES string of the molecule is O=c1cc(B(O)O)cc(C2CCCCO2)[nH]1. The molecule has 5 nitrogen and oxygen atoms in total. The van der Waals surface area contributed by atoms with Crippen LogP contribution < -0.4 is 11.0 Å². The van der Waals surface area contributed by atoms with Gasteiger partial charge >= 0.3 is 7.12 Å². The highest BCUT2D eigenvalue weighted by Gasteiger charge is 2.20. The first kappa shape index (κ1) is 11.4. The van der Waals surface area contributed by atoms with Crippen LogP contribution in [0.3, 0.4) is 0 Å². The van der Waals surface area contributed by atoms with Crippen LogP contribution in [-0.4, -0.2) is 28.8 Å². The van der Waals surface area contributed by atoms with Gasteiger partial charge in [0.1, 0.15) is 0 Å². The number of hydrogen-bond donors (Lipinski definition) is 3. The van der Waals surface area contributed by atoms with Crippen LogP contribution in [-0.2, 0) is 4.74 Å². The zero-order valence-corrected chi connectivity index (χ0v) is 8.85. The van der Waals surface area contributed by atoms with E-state index in [9.17, 15) is 4.79 Å². The summed E-state index contributed by atoms with van der Waals surface area (Å²) in [6.07, 6.45) is 2.79. The Kier molecular flexibility index (Phi) is 3.43. The van der Waals surface area contributed by atoms with Gasteiger partial charge in [0.05, 0.1) is 6.10 Å². The van der Waals surface area contributed by atoms with Gasteiger partial charge in [0, 0.05) is 18.4 Å². The summed E-state index contributed by atoms with van der Waals surface area (Å²) in [5.41, 5.74) is 0.484. The van der Waals surface area contributed by atoms with Crippen molar-refractivity contribution in [1.82, 2.24) is 4.98 Å². The van der Waals surface area contributed by atoms with Crippen LogP contribution >= 0.6 is 0 Å². The maximum absolute atomic E-state index is 11.3. The molecule has 1 fully saturated rings. The lowest BCUT2D eigenvalue weighted by Gasteiger charge is -2.22. The molecule has 1 aliphatic rings. The van der Waals surface area contributed by atoms with Gasteiger partial charge in [-0.05, 0) is 30.8 Å². The molecule has 86 valence electrons. The van der Waals surface area contributed by atoms with Gasteiger partial charge in [-0.1, -0.05) is 0 Å². The second-order valence-electron chi connectivity index (χ2n) is 3.96. The van der Waals surface area contributed by atoms with Gasteiger partial charge in [0.25, 0.3) is 0 Å². The molecular weight excluding hydrogens is 209 g/mol. The molecule has 2 heterocycles. The molecular formula is C10H14BNO4. The van der Waals surface area contributed by atoms with Crippen LogP contribution in [0.25, 0.3) is 0 Å². The Morgan fingerprint density at radius 2 is 2.19 bits per heavy atom. The van der Waals surface area contributed by atoms with Crippen molar-refractivity contribution in [3.8, 4) is 0 Å². The number of pyridine rings is 1. The summed E-state index contributed by atoms with van der Waals surface area (Å²) in [4.78, 5) is 14.0. The van der Waals surface area contributed by atoms with Crippen molar-refractivity contribution in [2.24, 2.45) is 0 Å². The van der Waals surface area contributed by atoms with E-state index >= 15 is 0 Å². The molecule has 0 radical (unpaired) electrons. The Labute approximate surface area is 93.2 Å². The van der Waals surface area contributed by atoms with Crippen LogP contribution in [0.1, 0.15) is 31.1 Å². The van der Waals surface area contributed by atoms with Gasteiger partial charge in [-0.25, -0.2) is 0 Å². The van der Waals surface area contributed by atoms with E-state index in [0.29, 0.717) is 12.3 Å². The maximum Gasteiger partial charge on any atom is 0.488 e. The van der Waals surface area contributed by atoms with Gasteiger partial charge in [-0.2, -0.15) is 0 Å². The summed E-state index contributed by atoms with van der Waals surface area (Å²) in [7, 11) is -1.62. The van der Waals surface area contributed by atoms with E-state index in [1.807, 2.05) is 0 Å². The van der Waals surface area contributed by atoms with Crippen molar-refractivity contribution in [3.05, 3.63) is 28.2 Å². The largest absolute Gasteiger partial charge is 0.488 e. The van der Waals surface area contributed by atoms with E-state index in [4.69, 9.17) is 14.8 Å². The molecule has 16 heavy (non-hydrogen) atoms. The molecule has 0 aromatic carbocycles. The lowest BCUT2D eigenvalue weighted by molar-refractivity contribution is 0.0122. The topological polar surface area (TPSA) is 82.6 Å². The highest BCUT2D eigenvalue weighted by Crippen LogP contribution is 2.25. The van der Waals surface area contributed by atoms with Crippen molar-refractivity contribution < 1.29 is 14.8 Å². The lowest BCUT2D eigenvalue weighted by Crippen LogP contribution is -2.34. The second kappa shape index (κ2) is 4.82. The van der Waals surface area contributed by atoms with Gasteiger partial charge in [-0.15, -0.1) is 0 Å². The molecule has 2 rings (SSSR count). The molecule has 1 aromatic heterocycles. The Morgan fingerprint density at radius 3 is 2.81 bits per heavy atom. The zero-order valence-electron chi connectivity index (χ0n) is 8.85. The van der Waals surface area contributed by atoms with E-state index in [1.54, 1.807) is 6.07 Å². The summed E-state index contributed by atoms with van der Waals surface area (Å²) < 4.78 is 5.52. The highest BCUT2D eigenvalue weighted by atomic mass is 16.5. The molecule has 0 amide bonds. The number of aromatic nitrogens is 1. The predicted molar refractivity (Wildman–Crippen MR) is 59.4 cm³/mol. The smallest absolute Gasteiger partial charge is 0.423 e. The third-order valence-electron chi connectivity index (χ3n) is 2.71. The zero-order chi connectivity index (χ0) is 11.5. The van der Waals surface area contributed by atoms with E-state index < -0.39 is 7.12 Å². The summed E-state index contributed by atoms with van der Waals surface area (Å²) in [5, 5.41) is 18.1. The van der Waals surface area contributed by atoms with Crippen molar-refractivity contribution in [2.45, 2.75) is 25.4 Å². The van der Waals surface area contributed by atoms with Gasteiger partial charge in [0.15, 0.2) is 0 Å². The number of ether oxygens (including phenoxy) is 1. The van der Waals surface area contributed by atoms with E-state index in [2.05, 4.69) is 4.98 Å². The second-order valence-corrected chi connectivity index (χ2v) is 3.96. The van der Waals surface area contributed by atoms with Crippen LogP contribution in [0.5, 0.6) is 0 Å². The van der Waals surface area contributed by atoms with E-state index in [-0.39, 0.29) is 17.1 Å². The Hall–Kier alpha value is -1.11. The standard InChI is InChI=1S/C10H14BNO4/c13-10-6-7(11(14)15)5-8(12-10)9-3-1-2-4-16-9/h5-6,9,14-15H,1-4H2,(H,12,13). The summed E-state index contributed by atoms with van der Waals surface area (Å²) in [5.74, 6) is 0. The minimum Gasteiger partial charge on any atom is -0.423 e. The normalized spacial score (nSPS) is 20.8. The summed E-state index contributed by atoms with van der Waals surface area (Å²) in [6.45, 7) is 0.679. The maximum atomic E-state index is 11.3. The first-order valence-corrected chi connectivity index (χ1v) is 5.39. The molecule has 1 saturated heterocycles. The number of nitrogens with one attached hydrogen (secondary N) is 1. The molecule has 0 bridgehead atoms. The van der Waals surface area contributed by atoms with Gasteiger partial charge < -0.3 is 19.8 Å². The quantitative estimate of drug-likeness (QED) is 0.578. The van der Waals surface area contributed by atoms with Gasteiger partial charge in [0.2, 0.25) is 5.56 Å². The minimum absolute atomic E-state index is 0.139. The fourth-order valence-corrected chi connectivity index (χ4v) is 1.90. The van der Waals surface area contributed by atoms with Crippen LogP contribution in [0, 0.1) is 0 Å². The highest BCUT2D eigenvalue weighted by molar-refractivity contribution is 6.58. The average Bonchev–Trinajstić information content (AvgIpc) is 2.29. The molecule has 0 aliphatic carbocycles. The minimum atomic E-state index is -1.62. The predicted octanol–water partition coefficient (Wildman–Crippen LogP) is -0.704. The Morgan fingerprint density at radius 1 is 1.38 bits per heavy atom. The van der Waals surface area contributed by atoms with Crippen LogP contribution in [0.2, 0.25) is 0 Å². The third kappa shape index (κ3) is 2.52. The van der Waals surface area contributed by atoms with Crippen LogP contribution in [0.4, 0.5) is 0 Å². The van der Waals surface area contributed by atoms with E-state index in [0.717, 1.165) is 19.3 Å². The van der Waals surface area contributed by atoms with Crippen molar-refractivity contribution >= 4 is 12.6 Å². The fraction of sp³-hybridized carbons (Fsp3) is 0.500. The van der Waals surface area contributed by atoms with E-state index in [1.165, 1.54) is 6.07 Å². The number of rotatable bonds is 2. The number of aromatic amines is 1.